The van der Waals surface area contributed by atoms with Crippen molar-refractivity contribution in [1.29, 1.82) is 0 Å². The van der Waals surface area contributed by atoms with Crippen molar-refractivity contribution in [2.75, 3.05) is 5.43 Å². The molecule has 0 bridgehead atoms. The predicted molar refractivity (Wildman–Crippen MR) is 86.1 cm³/mol. The number of hydrogen-bond donors (Lipinski definition) is 1. The van der Waals surface area contributed by atoms with Crippen LogP contribution in [0.25, 0.3) is 0 Å². The highest BCUT2D eigenvalue weighted by molar-refractivity contribution is 9.10. The maximum Gasteiger partial charge on any atom is 0.280 e. The third-order valence-corrected chi connectivity index (χ3v) is 3.41. The molecule has 0 saturated carbocycles. The van der Waals surface area contributed by atoms with Gasteiger partial charge in [-0.2, -0.15) is 5.01 Å². The zero-order valence-electron chi connectivity index (χ0n) is 11.8. The number of nitrogens with zero attached hydrogens (tertiary/aromatic N) is 1. The average Bonchev–Trinajstić information content (AvgIpc) is 2.77. The van der Waals surface area contributed by atoms with E-state index in [9.17, 15) is 9.59 Å². The molecule has 21 heavy (non-hydrogen) atoms. The van der Waals surface area contributed by atoms with E-state index in [-0.39, 0.29) is 11.8 Å². The second-order valence-electron chi connectivity index (χ2n) is 4.11. The molecule has 2 aromatic carbocycles. The van der Waals surface area contributed by atoms with Crippen LogP contribution in [0.15, 0.2) is 53.0 Å². The number of amides is 2. The number of nitrogens with one attached hydrogen (secondary N) is 1. The molecule has 2 amide bonds. The van der Waals surface area contributed by atoms with Gasteiger partial charge in [0.25, 0.3) is 11.8 Å². The van der Waals surface area contributed by atoms with E-state index < -0.39 is 0 Å². The zero-order chi connectivity index (χ0) is 15.4. The Morgan fingerprint density at radius 3 is 1.81 bits per heavy atom. The Kier molecular flexibility index (Phi) is 4.75. The summed E-state index contributed by atoms with van der Waals surface area (Å²) in [5, 5.41) is 1.04. The van der Waals surface area contributed by atoms with Gasteiger partial charge in [-0.15, -0.1) is 0 Å². The Bertz CT molecular complexity index is 633. The van der Waals surface area contributed by atoms with Crippen LogP contribution in [0.4, 0.5) is 5.69 Å². The first-order valence-corrected chi connectivity index (χ1v) is 7.46. The molecular formula is C16H15BrN2O2. The SMILES string of the molecule is CC.O=C1c2ccccc2C(=O)N1Nc1ccc(Br)cc1. The second-order valence-corrected chi connectivity index (χ2v) is 5.03. The molecule has 1 N–H and O–H groups in total. The highest BCUT2D eigenvalue weighted by Crippen LogP contribution is 2.23. The number of imide groups is 1. The van der Waals surface area contributed by atoms with Crippen molar-refractivity contribution in [3.05, 3.63) is 64.1 Å². The van der Waals surface area contributed by atoms with Crippen LogP contribution >= 0.6 is 15.9 Å². The van der Waals surface area contributed by atoms with E-state index in [2.05, 4.69) is 21.4 Å². The lowest BCUT2D eigenvalue weighted by Gasteiger charge is -2.16. The fraction of sp³-hybridized carbons (Fsp3) is 0.125. The Labute approximate surface area is 131 Å². The van der Waals surface area contributed by atoms with Gasteiger partial charge in [-0.25, -0.2) is 0 Å². The van der Waals surface area contributed by atoms with E-state index in [1.807, 2.05) is 26.0 Å². The molecule has 3 rings (SSSR count). The van der Waals surface area contributed by atoms with Crippen molar-refractivity contribution in [3.8, 4) is 0 Å². The summed E-state index contributed by atoms with van der Waals surface area (Å²) >= 11 is 3.33. The van der Waals surface area contributed by atoms with E-state index in [1.54, 1.807) is 36.4 Å². The number of anilines is 1. The number of carbonyl (C=O) groups is 2. The van der Waals surface area contributed by atoms with Crippen LogP contribution in [0.1, 0.15) is 34.6 Å². The van der Waals surface area contributed by atoms with Gasteiger partial charge >= 0.3 is 0 Å². The molecule has 2 aromatic rings. The average molecular weight is 347 g/mol. The maximum atomic E-state index is 12.1. The maximum absolute atomic E-state index is 12.1. The lowest BCUT2D eigenvalue weighted by molar-refractivity contribution is 0.0691. The number of halogens is 1. The minimum absolute atomic E-state index is 0.330. The molecule has 5 heteroatoms. The number of carbonyl (C=O) groups excluding carboxylic acids is 2. The molecule has 1 aliphatic rings. The molecule has 0 radical (unpaired) electrons. The van der Waals surface area contributed by atoms with Crippen LogP contribution in [-0.2, 0) is 0 Å². The van der Waals surface area contributed by atoms with Crippen molar-refractivity contribution < 1.29 is 9.59 Å². The number of rotatable bonds is 2. The Hall–Kier alpha value is -2.14. The normalized spacial score (nSPS) is 12.6. The molecule has 4 nitrogen and oxygen atoms in total. The van der Waals surface area contributed by atoms with Crippen molar-refractivity contribution in [1.82, 2.24) is 5.01 Å². The standard InChI is InChI=1S/C14H9BrN2O2.C2H6/c15-9-5-7-10(8-6-9)16-17-13(18)11-3-1-2-4-12(11)14(17)19;1-2/h1-8,16H;1-2H3. The van der Waals surface area contributed by atoms with Gasteiger partial charge in [0.15, 0.2) is 0 Å². The summed E-state index contributed by atoms with van der Waals surface area (Å²) in [4.78, 5) is 24.2. The zero-order valence-corrected chi connectivity index (χ0v) is 13.3. The summed E-state index contributed by atoms with van der Waals surface area (Å²) in [7, 11) is 0. The van der Waals surface area contributed by atoms with Gasteiger partial charge in [0.05, 0.1) is 16.8 Å². The Balaban J connectivity index is 0.000000774. The monoisotopic (exact) mass is 346 g/mol. The van der Waals surface area contributed by atoms with Gasteiger partial charge in [0.1, 0.15) is 0 Å². The van der Waals surface area contributed by atoms with Crippen LogP contribution in [0.3, 0.4) is 0 Å². The first-order chi connectivity index (χ1) is 10.2. The first kappa shape index (κ1) is 15.3. The van der Waals surface area contributed by atoms with Gasteiger partial charge in [-0.3, -0.25) is 15.0 Å². The molecule has 0 spiro atoms. The molecule has 0 unspecified atom stereocenters. The first-order valence-electron chi connectivity index (χ1n) is 6.67. The van der Waals surface area contributed by atoms with E-state index in [4.69, 9.17) is 0 Å². The van der Waals surface area contributed by atoms with E-state index >= 15 is 0 Å². The fourth-order valence-corrected chi connectivity index (χ4v) is 2.21. The highest BCUT2D eigenvalue weighted by atomic mass is 79.9. The van der Waals surface area contributed by atoms with Gasteiger partial charge in [-0.1, -0.05) is 41.9 Å². The molecule has 108 valence electrons. The number of hydrogen-bond acceptors (Lipinski definition) is 3. The lowest BCUT2D eigenvalue weighted by Crippen LogP contribution is -2.35. The molecule has 0 aliphatic carbocycles. The van der Waals surface area contributed by atoms with Gasteiger partial charge in [-0.05, 0) is 36.4 Å². The third kappa shape index (κ3) is 2.97. The molecule has 0 atom stereocenters. The van der Waals surface area contributed by atoms with Crippen LogP contribution < -0.4 is 5.43 Å². The Morgan fingerprint density at radius 1 is 0.857 bits per heavy atom. The van der Waals surface area contributed by atoms with Crippen LogP contribution in [0, 0.1) is 0 Å². The molecular weight excluding hydrogens is 332 g/mol. The van der Waals surface area contributed by atoms with E-state index in [0.717, 1.165) is 9.48 Å². The minimum atomic E-state index is -0.330. The Morgan fingerprint density at radius 2 is 1.33 bits per heavy atom. The van der Waals surface area contributed by atoms with Crippen LogP contribution in [0.5, 0.6) is 0 Å². The smallest absolute Gasteiger partial charge is 0.280 e. The largest absolute Gasteiger partial charge is 0.288 e. The second kappa shape index (κ2) is 6.54. The van der Waals surface area contributed by atoms with E-state index in [1.165, 1.54) is 0 Å². The number of benzene rings is 2. The van der Waals surface area contributed by atoms with E-state index in [0.29, 0.717) is 16.8 Å². The molecule has 1 aliphatic heterocycles. The summed E-state index contributed by atoms with van der Waals surface area (Å²) in [5.41, 5.74) is 4.36. The number of fused-ring (bicyclic) bond motifs is 1. The summed E-state index contributed by atoms with van der Waals surface area (Å²) < 4.78 is 0.931. The summed E-state index contributed by atoms with van der Waals surface area (Å²) in [5.74, 6) is -0.660. The van der Waals surface area contributed by atoms with Crippen molar-refractivity contribution in [3.63, 3.8) is 0 Å². The predicted octanol–water partition coefficient (Wildman–Crippen LogP) is 4.10. The van der Waals surface area contributed by atoms with Crippen molar-refractivity contribution >= 4 is 33.4 Å². The third-order valence-electron chi connectivity index (χ3n) is 2.88. The van der Waals surface area contributed by atoms with Gasteiger partial charge in [0.2, 0.25) is 0 Å². The number of hydrazine groups is 1. The van der Waals surface area contributed by atoms with Gasteiger partial charge < -0.3 is 0 Å². The molecule has 0 aromatic heterocycles. The molecule has 0 saturated heterocycles. The highest BCUT2D eigenvalue weighted by Gasteiger charge is 2.35. The minimum Gasteiger partial charge on any atom is -0.288 e. The molecule has 0 fully saturated rings. The fourth-order valence-electron chi connectivity index (χ4n) is 1.94. The summed E-state index contributed by atoms with van der Waals surface area (Å²) in [6.07, 6.45) is 0. The van der Waals surface area contributed by atoms with Crippen LogP contribution in [0.2, 0.25) is 0 Å². The van der Waals surface area contributed by atoms with Crippen LogP contribution in [-0.4, -0.2) is 16.8 Å². The topological polar surface area (TPSA) is 49.4 Å². The molecule has 1 heterocycles. The lowest BCUT2D eigenvalue weighted by atomic mass is 10.1. The van der Waals surface area contributed by atoms with Crippen molar-refractivity contribution in [2.45, 2.75) is 13.8 Å². The van der Waals surface area contributed by atoms with Crippen molar-refractivity contribution in [2.24, 2.45) is 0 Å². The summed E-state index contributed by atoms with van der Waals surface area (Å²) in [6.45, 7) is 4.00. The quantitative estimate of drug-likeness (QED) is 0.832. The summed E-state index contributed by atoms with van der Waals surface area (Å²) in [6, 6.07) is 14.0. The van der Waals surface area contributed by atoms with Gasteiger partial charge in [0, 0.05) is 4.47 Å².